The Kier molecular flexibility index (Phi) is 4.72. The quantitative estimate of drug-likeness (QED) is 0.441. The summed E-state index contributed by atoms with van der Waals surface area (Å²) in [5.41, 5.74) is 0.838. The minimum atomic E-state index is -0.383. The van der Waals surface area contributed by atoms with Crippen LogP contribution in [0.5, 0.6) is 0 Å². The summed E-state index contributed by atoms with van der Waals surface area (Å²) in [4.78, 5) is 25.2. The zero-order valence-electron chi connectivity index (χ0n) is 20.1. The molecule has 5 rings (SSSR count). The second-order valence-electron chi connectivity index (χ2n) is 13.4. The average molecular weight is 413 g/mol. The van der Waals surface area contributed by atoms with Gasteiger partial charge in [0, 0.05) is 17.8 Å². The summed E-state index contributed by atoms with van der Waals surface area (Å²) in [5.74, 6) is 4.04. The number of Topliss-reactive ketones (excluding diaryl/α,β-unsaturated/α-hetero) is 1. The molecule has 0 amide bonds. The van der Waals surface area contributed by atoms with Crippen LogP contribution in [0.1, 0.15) is 105 Å². The number of carbonyl (C=O) groups is 2. The third kappa shape index (κ3) is 2.54. The number of hydrogen-bond donors (Lipinski definition) is 0. The Labute approximate surface area is 184 Å². The van der Waals surface area contributed by atoms with Crippen molar-refractivity contribution in [3.05, 3.63) is 0 Å². The van der Waals surface area contributed by atoms with E-state index in [1.165, 1.54) is 51.2 Å². The normalized spacial score (nSPS) is 58.1. The van der Waals surface area contributed by atoms with Crippen molar-refractivity contribution in [1.82, 2.24) is 0 Å². The predicted octanol–water partition coefficient (Wildman–Crippen LogP) is 6.86. The van der Waals surface area contributed by atoms with Crippen LogP contribution in [-0.4, -0.2) is 12.1 Å². The Bertz CT molecular complexity index is 743. The van der Waals surface area contributed by atoms with E-state index in [1.54, 1.807) is 0 Å². The monoisotopic (exact) mass is 412 g/mol. The van der Waals surface area contributed by atoms with Crippen LogP contribution in [0.2, 0.25) is 0 Å². The zero-order valence-corrected chi connectivity index (χ0v) is 20.1. The van der Waals surface area contributed by atoms with Gasteiger partial charge in [-0.25, -0.2) is 0 Å². The lowest BCUT2D eigenvalue weighted by Crippen LogP contribution is -2.65. The van der Waals surface area contributed by atoms with Gasteiger partial charge in [0.05, 0.1) is 0 Å². The smallest absolute Gasteiger partial charge is 0.136 e. The molecule has 5 aliphatic carbocycles. The van der Waals surface area contributed by atoms with E-state index < -0.39 is 0 Å². The molecule has 0 spiro atoms. The first-order valence-corrected chi connectivity index (χ1v) is 13.1. The second-order valence-corrected chi connectivity index (χ2v) is 13.4. The maximum atomic E-state index is 12.6. The van der Waals surface area contributed by atoms with Crippen molar-refractivity contribution in [2.45, 2.75) is 105 Å². The Morgan fingerprint density at radius 3 is 2.30 bits per heavy atom. The van der Waals surface area contributed by atoms with E-state index in [0.717, 1.165) is 42.9 Å². The van der Waals surface area contributed by atoms with Crippen LogP contribution in [-0.2, 0) is 9.59 Å². The number of hydrogen-bond acceptors (Lipinski definition) is 2. The summed E-state index contributed by atoms with van der Waals surface area (Å²) in [7, 11) is 0. The predicted molar refractivity (Wildman–Crippen MR) is 121 cm³/mol. The molecular formula is C28H44O2. The van der Waals surface area contributed by atoms with Crippen molar-refractivity contribution in [2.75, 3.05) is 0 Å². The van der Waals surface area contributed by atoms with E-state index in [0.29, 0.717) is 29.0 Å². The fourth-order valence-corrected chi connectivity index (χ4v) is 10.5. The van der Waals surface area contributed by atoms with Crippen LogP contribution in [0, 0.1) is 57.2 Å². The molecule has 2 heteroatoms. The number of ketones is 1. The lowest BCUT2D eigenvalue weighted by Gasteiger charge is -2.70. The van der Waals surface area contributed by atoms with E-state index in [2.05, 4.69) is 34.6 Å². The summed E-state index contributed by atoms with van der Waals surface area (Å²) < 4.78 is 0. The first-order chi connectivity index (χ1) is 14.1. The van der Waals surface area contributed by atoms with Crippen molar-refractivity contribution >= 4 is 12.1 Å². The number of carbonyl (C=O) groups excluding carboxylic acids is 2. The van der Waals surface area contributed by atoms with Crippen molar-refractivity contribution in [2.24, 2.45) is 57.2 Å². The standard InChI is InChI=1S/C28H44O2/c1-18-8-11-25(3)14-15-26(4)20(21(25)16-18)9-12-27(5)23(26)10-13-28(17-29)19(2)22(30)6-7-24(27)28/h17-21,23-24H,6-16H2,1-5H3. The first kappa shape index (κ1) is 21.2. The topological polar surface area (TPSA) is 34.1 Å². The molecule has 5 aliphatic rings. The maximum Gasteiger partial charge on any atom is 0.136 e. The third-order valence-corrected chi connectivity index (χ3v) is 12.4. The Morgan fingerprint density at radius 1 is 0.800 bits per heavy atom. The van der Waals surface area contributed by atoms with Crippen LogP contribution < -0.4 is 0 Å². The van der Waals surface area contributed by atoms with E-state index in [-0.39, 0.29) is 16.7 Å². The molecule has 0 bridgehead atoms. The third-order valence-electron chi connectivity index (χ3n) is 12.4. The van der Waals surface area contributed by atoms with Crippen LogP contribution in [0.4, 0.5) is 0 Å². The molecular weight excluding hydrogens is 368 g/mol. The van der Waals surface area contributed by atoms with E-state index >= 15 is 0 Å². The Hall–Kier alpha value is -0.660. The molecule has 30 heavy (non-hydrogen) atoms. The molecule has 5 fully saturated rings. The highest BCUT2D eigenvalue weighted by Gasteiger charge is 2.67. The average Bonchev–Trinajstić information content (AvgIpc) is 2.71. The van der Waals surface area contributed by atoms with E-state index in [4.69, 9.17) is 0 Å². The molecule has 2 nitrogen and oxygen atoms in total. The summed E-state index contributed by atoms with van der Waals surface area (Å²) in [6.07, 6.45) is 14.7. The van der Waals surface area contributed by atoms with Gasteiger partial charge in [0.2, 0.25) is 0 Å². The van der Waals surface area contributed by atoms with Gasteiger partial charge in [-0.1, -0.05) is 41.0 Å². The van der Waals surface area contributed by atoms with Gasteiger partial charge in [-0.15, -0.1) is 0 Å². The largest absolute Gasteiger partial charge is 0.303 e. The molecule has 168 valence electrons. The summed E-state index contributed by atoms with van der Waals surface area (Å²) in [6, 6.07) is 0. The summed E-state index contributed by atoms with van der Waals surface area (Å²) >= 11 is 0. The van der Waals surface area contributed by atoms with Gasteiger partial charge >= 0.3 is 0 Å². The van der Waals surface area contributed by atoms with Gasteiger partial charge in [0.25, 0.3) is 0 Å². The SMILES string of the molecule is CC1CCC2(C)CCC3(C)C(CCC4(C)C3CCC3(C=O)C(C)C(=O)CCC43)C2C1. The van der Waals surface area contributed by atoms with Crippen LogP contribution in [0.25, 0.3) is 0 Å². The van der Waals surface area contributed by atoms with Crippen LogP contribution in [0.15, 0.2) is 0 Å². The van der Waals surface area contributed by atoms with Crippen molar-refractivity contribution in [3.8, 4) is 0 Å². The Morgan fingerprint density at radius 2 is 1.57 bits per heavy atom. The maximum absolute atomic E-state index is 12.6. The Balaban J connectivity index is 1.52. The molecule has 0 aromatic rings. The van der Waals surface area contributed by atoms with Crippen molar-refractivity contribution in [3.63, 3.8) is 0 Å². The first-order valence-electron chi connectivity index (χ1n) is 13.1. The molecule has 0 saturated heterocycles. The molecule has 5 saturated carbocycles. The summed E-state index contributed by atoms with van der Waals surface area (Å²) in [5, 5.41) is 0. The minimum absolute atomic E-state index is 0.0779. The van der Waals surface area contributed by atoms with Crippen LogP contribution >= 0.6 is 0 Å². The molecule has 0 aromatic heterocycles. The molecule has 10 atom stereocenters. The molecule has 0 aromatic carbocycles. The van der Waals surface area contributed by atoms with Gasteiger partial charge in [-0.3, -0.25) is 4.79 Å². The lowest BCUT2D eigenvalue weighted by atomic mass is 9.34. The van der Waals surface area contributed by atoms with Gasteiger partial charge in [-0.2, -0.15) is 0 Å². The van der Waals surface area contributed by atoms with Gasteiger partial charge in [-0.05, 0) is 104 Å². The highest BCUT2D eigenvalue weighted by atomic mass is 16.1. The van der Waals surface area contributed by atoms with Crippen molar-refractivity contribution < 1.29 is 9.59 Å². The number of rotatable bonds is 1. The summed E-state index contributed by atoms with van der Waals surface area (Å²) in [6.45, 7) is 12.4. The number of fused-ring (bicyclic) bond motifs is 7. The minimum Gasteiger partial charge on any atom is -0.303 e. The molecule has 0 aliphatic heterocycles. The molecule has 0 N–H and O–H groups in total. The van der Waals surface area contributed by atoms with Crippen molar-refractivity contribution in [1.29, 1.82) is 0 Å². The lowest BCUT2D eigenvalue weighted by molar-refractivity contribution is -0.215. The fraction of sp³-hybridized carbons (Fsp3) is 0.929. The fourth-order valence-electron chi connectivity index (χ4n) is 10.5. The van der Waals surface area contributed by atoms with Gasteiger partial charge in [0.1, 0.15) is 12.1 Å². The molecule has 10 unspecified atom stereocenters. The van der Waals surface area contributed by atoms with E-state index in [1.807, 2.05) is 0 Å². The number of aldehydes is 1. The molecule has 0 radical (unpaired) electrons. The van der Waals surface area contributed by atoms with E-state index in [9.17, 15) is 9.59 Å². The van der Waals surface area contributed by atoms with Gasteiger partial charge < -0.3 is 4.79 Å². The molecule has 0 heterocycles. The second kappa shape index (κ2) is 6.67. The highest BCUT2D eigenvalue weighted by Crippen LogP contribution is 2.73. The van der Waals surface area contributed by atoms with Gasteiger partial charge in [0.15, 0.2) is 0 Å². The zero-order chi connectivity index (χ0) is 21.5. The highest BCUT2D eigenvalue weighted by molar-refractivity contribution is 5.86. The van der Waals surface area contributed by atoms with Crippen LogP contribution in [0.3, 0.4) is 0 Å².